The first-order valence-electron chi connectivity index (χ1n) is 4.51. The molecule has 0 spiro atoms. The Bertz CT molecular complexity index is 527. The fraction of sp³-hybridized carbons (Fsp3) is 0.375. The zero-order valence-electron chi connectivity index (χ0n) is 9.37. The van der Waals surface area contributed by atoms with Gasteiger partial charge in [-0.2, -0.15) is 13.2 Å². The molecule has 1 heterocycles. The standard InChI is InChI=1S/C8H4F6N2O4/c1-19-3-2-15-6(16(17)18)4(7(9,10)11)5(3)20-8(12,13)14/h2H,1H3. The predicted octanol–water partition coefficient (Wildman–Crippen LogP) is 2.92. The molecule has 20 heavy (non-hydrogen) atoms. The van der Waals surface area contributed by atoms with E-state index in [4.69, 9.17) is 0 Å². The molecule has 112 valence electrons. The van der Waals surface area contributed by atoms with Gasteiger partial charge >= 0.3 is 18.4 Å². The molecule has 0 amide bonds. The Morgan fingerprint density at radius 1 is 1.25 bits per heavy atom. The average Bonchev–Trinajstić information content (AvgIpc) is 2.24. The summed E-state index contributed by atoms with van der Waals surface area (Å²) in [4.78, 5) is 11.7. The second-order valence-electron chi connectivity index (χ2n) is 3.16. The van der Waals surface area contributed by atoms with Gasteiger partial charge in [0.05, 0.1) is 7.11 Å². The van der Waals surface area contributed by atoms with Crippen LogP contribution < -0.4 is 9.47 Å². The Labute approximate surface area is 106 Å². The van der Waals surface area contributed by atoms with Gasteiger partial charge in [-0.25, -0.2) is 0 Å². The number of rotatable bonds is 3. The fourth-order valence-corrected chi connectivity index (χ4v) is 1.22. The summed E-state index contributed by atoms with van der Waals surface area (Å²) in [5, 5.41) is 10.5. The van der Waals surface area contributed by atoms with Crippen LogP contribution in [-0.2, 0) is 6.18 Å². The minimum atomic E-state index is -5.50. The second kappa shape index (κ2) is 5.02. The lowest BCUT2D eigenvalue weighted by atomic mass is 10.2. The Morgan fingerprint density at radius 2 is 1.80 bits per heavy atom. The van der Waals surface area contributed by atoms with Crippen molar-refractivity contribution < 1.29 is 40.7 Å². The van der Waals surface area contributed by atoms with Crippen LogP contribution in [0.1, 0.15) is 5.56 Å². The summed E-state index contributed by atoms with van der Waals surface area (Å²) in [7, 11) is 0.756. The maximum atomic E-state index is 12.7. The second-order valence-corrected chi connectivity index (χ2v) is 3.16. The van der Waals surface area contributed by atoms with E-state index in [1.807, 2.05) is 0 Å². The molecule has 0 aromatic carbocycles. The normalized spacial score (nSPS) is 12.2. The lowest BCUT2D eigenvalue weighted by Crippen LogP contribution is -2.22. The van der Waals surface area contributed by atoms with Crippen LogP contribution in [0.5, 0.6) is 11.5 Å². The molecule has 0 fully saturated rings. The van der Waals surface area contributed by atoms with Gasteiger partial charge in [0.25, 0.3) is 0 Å². The van der Waals surface area contributed by atoms with E-state index in [0.29, 0.717) is 6.20 Å². The topological polar surface area (TPSA) is 74.5 Å². The lowest BCUT2D eigenvalue weighted by Gasteiger charge is -2.16. The molecule has 0 N–H and O–H groups in total. The third-order valence-corrected chi connectivity index (χ3v) is 1.87. The summed E-state index contributed by atoms with van der Waals surface area (Å²) >= 11 is 0. The van der Waals surface area contributed by atoms with Crippen molar-refractivity contribution in [2.24, 2.45) is 0 Å². The van der Waals surface area contributed by atoms with Gasteiger partial charge in [0.15, 0.2) is 17.5 Å². The molecular formula is C8H4F6N2O4. The van der Waals surface area contributed by atoms with Gasteiger partial charge in [-0.15, -0.1) is 13.2 Å². The molecule has 0 radical (unpaired) electrons. The summed E-state index contributed by atoms with van der Waals surface area (Å²) in [5.41, 5.74) is -2.28. The van der Waals surface area contributed by atoms with Crippen molar-refractivity contribution in [1.29, 1.82) is 0 Å². The van der Waals surface area contributed by atoms with Gasteiger partial charge < -0.3 is 19.6 Å². The van der Waals surface area contributed by atoms with Crippen molar-refractivity contribution in [3.05, 3.63) is 21.9 Å². The number of hydrogen-bond donors (Lipinski definition) is 0. The number of hydrogen-bond acceptors (Lipinski definition) is 5. The lowest BCUT2D eigenvalue weighted by molar-refractivity contribution is -0.393. The van der Waals surface area contributed by atoms with E-state index in [0.717, 1.165) is 7.11 Å². The van der Waals surface area contributed by atoms with Crippen molar-refractivity contribution in [1.82, 2.24) is 4.98 Å². The first-order valence-corrected chi connectivity index (χ1v) is 4.51. The molecule has 1 aromatic heterocycles. The number of alkyl halides is 6. The molecule has 1 aromatic rings. The predicted molar refractivity (Wildman–Crippen MR) is 49.1 cm³/mol. The molecule has 0 aliphatic heterocycles. The zero-order valence-corrected chi connectivity index (χ0v) is 9.37. The highest BCUT2D eigenvalue weighted by molar-refractivity contribution is 5.54. The molecule has 6 nitrogen and oxygen atoms in total. The molecule has 0 saturated heterocycles. The van der Waals surface area contributed by atoms with E-state index in [2.05, 4.69) is 14.5 Å². The molecule has 0 unspecified atom stereocenters. The van der Waals surface area contributed by atoms with Gasteiger partial charge in [0.1, 0.15) is 0 Å². The number of methoxy groups -OCH3 is 1. The SMILES string of the molecule is COc1cnc([N+](=O)[O-])c(C(F)(F)F)c1OC(F)(F)F. The summed E-state index contributed by atoms with van der Waals surface area (Å²) in [5.74, 6) is -4.73. The highest BCUT2D eigenvalue weighted by Crippen LogP contribution is 2.47. The van der Waals surface area contributed by atoms with Crippen LogP contribution in [-0.4, -0.2) is 23.4 Å². The third-order valence-electron chi connectivity index (χ3n) is 1.87. The Hall–Kier alpha value is -2.27. The monoisotopic (exact) mass is 306 g/mol. The number of halogens is 6. The van der Waals surface area contributed by atoms with E-state index >= 15 is 0 Å². The van der Waals surface area contributed by atoms with Gasteiger partial charge in [-0.05, 0) is 9.91 Å². The summed E-state index contributed by atoms with van der Waals surface area (Å²) in [6.07, 6.45) is -10.7. The first kappa shape index (κ1) is 15.8. The molecule has 0 atom stereocenters. The maximum absolute atomic E-state index is 12.7. The van der Waals surface area contributed by atoms with Crippen LogP contribution in [0.15, 0.2) is 6.20 Å². The largest absolute Gasteiger partial charge is 0.573 e. The Kier molecular flexibility index (Phi) is 3.96. The summed E-state index contributed by atoms with van der Waals surface area (Å²) < 4.78 is 81.9. The number of aromatic nitrogens is 1. The van der Waals surface area contributed by atoms with E-state index in [-0.39, 0.29) is 0 Å². The zero-order chi connectivity index (χ0) is 15.7. The van der Waals surface area contributed by atoms with E-state index in [9.17, 15) is 36.5 Å². The van der Waals surface area contributed by atoms with Gasteiger partial charge in [-0.1, -0.05) is 0 Å². The minimum absolute atomic E-state index is 0.328. The van der Waals surface area contributed by atoms with E-state index in [1.165, 1.54) is 0 Å². The maximum Gasteiger partial charge on any atom is 0.573 e. The van der Waals surface area contributed by atoms with Crippen molar-refractivity contribution in [3.8, 4) is 11.5 Å². The van der Waals surface area contributed by atoms with E-state index in [1.54, 1.807) is 0 Å². The van der Waals surface area contributed by atoms with Crippen LogP contribution in [0.3, 0.4) is 0 Å². The smallest absolute Gasteiger partial charge is 0.490 e. The van der Waals surface area contributed by atoms with E-state index < -0.39 is 40.3 Å². The van der Waals surface area contributed by atoms with Crippen LogP contribution in [0.4, 0.5) is 32.2 Å². The molecule has 0 aliphatic rings. The Morgan fingerprint density at radius 3 is 2.15 bits per heavy atom. The molecule has 12 heteroatoms. The molecule has 0 aliphatic carbocycles. The van der Waals surface area contributed by atoms with Crippen molar-refractivity contribution >= 4 is 5.82 Å². The molecule has 1 rings (SSSR count). The van der Waals surface area contributed by atoms with Crippen molar-refractivity contribution in [2.45, 2.75) is 12.5 Å². The highest BCUT2D eigenvalue weighted by atomic mass is 19.4. The van der Waals surface area contributed by atoms with Crippen LogP contribution in [0, 0.1) is 10.1 Å². The van der Waals surface area contributed by atoms with Crippen molar-refractivity contribution in [3.63, 3.8) is 0 Å². The fourth-order valence-electron chi connectivity index (χ4n) is 1.22. The average molecular weight is 306 g/mol. The van der Waals surface area contributed by atoms with Crippen LogP contribution >= 0.6 is 0 Å². The minimum Gasteiger partial charge on any atom is -0.490 e. The van der Waals surface area contributed by atoms with Crippen molar-refractivity contribution in [2.75, 3.05) is 7.11 Å². The van der Waals surface area contributed by atoms with Gasteiger partial charge in [0.2, 0.25) is 5.75 Å². The Balaban J connectivity index is 3.65. The number of pyridine rings is 1. The third kappa shape index (κ3) is 3.39. The summed E-state index contributed by atoms with van der Waals surface area (Å²) in [6.45, 7) is 0. The number of nitrogens with zero attached hydrogens (tertiary/aromatic N) is 2. The number of nitro groups is 1. The van der Waals surface area contributed by atoms with Gasteiger partial charge in [0, 0.05) is 0 Å². The first-order chi connectivity index (χ1) is 8.97. The van der Waals surface area contributed by atoms with Crippen LogP contribution in [0.25, 0.3) is 0 Å². The molecular weight excluding hydrogens is 302 g/mol. The van der Waals surface area contributed by atoms with Gasteiger partial charge in [-0.3, -0.25) is 0 Å². The molecule has 0 bridgehead atoms. The highest BCUT2D eigenvalue weighted by Gasteiger charge is 2.48. The quantitative estimate of drug-likeness (QED) is 0.487. The molecule has 0 saturated carbocycles. The summed E-state index contributed by atoms with van der Waals surface area (Å²) in [6, 6.07) is 0. The van der Waals surface area contributed by atoms with Crippen LogP contribution in [0.2, 0.25) is 0 Å². The number of ether oxygens (including phenoxy) is 2.